The first-order valence-corrected chi connectivity index (χ1v) is 9.41. The Balaban J connectivity index is 1.61. The second-order valence-electron chi connectivity index (χ2n) is 7.84. The number of ketones is 1. The molecule has 4 bridgehead atoms. The molecule has 1 heterocycles. The maximum atomic E-state index is 13.0. The van der Waals surface area contributed by atoms with E-state index in [1.807, 2.05) is 0 Å². The van der Waals surface area contributed by atoms with Gasteiger partial charge in [0.2, 0.25) is 0 Å². The van der Waals surface area contributed by atoms with Gasteiger partial charge in [0.15, 0.2) is 0 Å². The standard InChI is InChI=1S/C17H21BrOS/c1-16-6-11-4-12(7-16)9-17(8-11,10-16)15(19)5-14-13(18)2-3-20-14/h2-3,11-12H,4-10H2,1H3. The van der Waals surface area contributed by atoms with Crippen LogP contribution in [0.15, 0.2) is 15.9 Å². The van der Waals surface area contributed by atoms with E-state index in [1.54, 1.807) is 11.3 Å². The van der Waals surface area contributed by atoms with Crippen molar-refractivity contribution in [3.05, 3.63) is 20.8 Å². The number of Topliss-reactive ketones (excluding diaryl/α,β-unsaturated/α-hetero) is 1. The molecular weight excluding hydrogens is 332 g/mol. The summed E-state index contributed by atoms with van der Waals surface area (Å²) in [5.74, 6) is 2.19. The summed E-state index contributed by atoms with van der Waals surface area (Å²) in [4.78, 5) is 14.3. The Labute approximate surface area is 133 Å². The van der Waals surface area contributed by atoms with Crippen LogP contribution in [0.4, 0.5) is 0 Å². The van der Waals surface area contributed by atoms with Gasteiger partial charge in [-0.25, -0.2) is 0 Å². The van der Waals surface area contributed by atoms with E-state index in [4.69, 9.17) is 0 Å². The number of hydrogen-bond donors (Lipinski definition) is 0. The maximum absolute atomic E-state index is 13.0. The Morgan fingerprint density at radius 1 is 1.35 bits per heavy atom. The van der Waals surface area contributed by atoms with E-state index in [2.05, 4.69) is 34.3 Å². The molecule has 0 N–H and O–H groups in total. The molecule has 5 rings (SSSR count). The summed E-state index contributed by atoms with van der Waals surface area (Å²) in [6.45, 7) is 2.44. The first-order chi connectivity index (χ1) is 9.48. The number of hydrogen-bond acceptors (Lipinski definition) is 2. The Hall–Kier alpha value is -0.150. The van der Waals surface area contributed by atoms with E-state index in [0.29, 0.717) is 17.6 Å². The van der Waals surface area contributed by atoms with E-state index in [-0.39, 0.29) is 5.41 Å². The predicted molar refractivity (Wildman–Crippen MR) is 86.0 cm³/mol. The van der Waals surface area contributed by atoms with Gasteiger partial charge in [-0.1, -0.05) is 6.92 Å². The first kappa shape index (κ1) is 13.5. The molecule has 2 unspecified atom stereocenters. The molecule has 4 aliphatic carbocycles. The van der Waals surface area contributed by atoms with Crippen molar-refractivity contribution in [1.29, 1.82) is 0 Å². The van der Waals surface area contributed by atoms with Crippen molar-refractivity contribution in [1.82, 2.24) is 0 Å². The summed E-state index contributed by atoms with van der Waals surface area (Å²) in [7, 11) is 0. The van der Waals surface area contributed by atoms with Crippen LogP contribution in [-0.2, 0) is 11.2 Å². The van der Waals surface area contributed by atoms with Crippen LogP contribution in [0.5, 0.6) is 0 Å². The third-order valence-electron chi connectivity index (χ3n) is 5.96. The van der Waals surface area contributed by atoms with E-state index in [9.17, 15) is 4.79 Å². The largest absolute Gasteiger partial charge is 0.299 e. The van der Waals surface area contributed by atoms with Crippen LogP contribution in [-0.4, -0.2) is 5.78 Å². The Morgan fingerprint density at radius 3 is 2.60 bits per heavy atom. The van der Waals surface area contributed by atoms with Crippen LogP contribution in [0.25, 0.3) is 0 Å². The number of carbonyl (C=O) groups excluding carboxylic acids is 1. The van der Waals surface area contributed by atoms with Crippen molar-refractivity contribution in [2.45, 2.75) is 51.9 Å². The van der Waals surface area contributed by atoms with Crippen LogP contribution in [0.3, 0.4) is 0 Å². The third-order valence-corrected chi connectivity index (χ3v) is 7.88. The van der Waals surface area contributed by atoms with Gasteiger partial charge in [0.1, 0.15) is 5.78 Å². The lowest BCUT2D eigenvalue weighted by atomic mass is 9.43. The maximum Gasteiger partial charge on any atom is 0.144 e. The number of rotatable bonds is 3. The quantitative estimate of drug-likeness (QED) is 0.727. The molecular formula is C17H21BrOS. The lowest BCUT2D eigenvalue weighted by Gasteiger charge is -2.60. The van der Waals surface area contributed by atoms with Gasteiger partial charge in [0.05, 0.1) is 0 Å². The van der Waals surface area contributed by atoms with Crippen molar-refractivity contribution in [2.75, 3.05) is 0 Å². The van der Waals surface area contributed by atoms with Crippen molar-refractivity contribution >= 4 is 33.0 Å². The first-order valence-electron chi connectivity index (χ1n) is 7.73. The number of thiophene rings is 1. The van der Waals surface area contributed by atoms with Gasteiger partial charge in [-0.15, -0.1) is 11.3 Å². The zero-order valence-corrected chi connectivity index (χ0v) is 14.4. The Morgan fingerprint density at radius 2 is 2.05 bits per heavy atom. The minimum atomic E-state index is 0.0300. The van der Waals surface area contributed by atoms with Crippen molar-refractivity contribution in [3.8, 4) is 0 Å². The molecule has 3 heteroatoms. The van der Waals surface area contributed by atoms with Gasteiger partial charge in [-0.05, 0) is 83.2 Å². The summed E-state index contributed by atoms with van der Waals surface area (Å²) >= 11 is 5.29. The Kier molecular flexibility index (Phi) is 2.99. The second kappa shape index (κ2) is 4.42. The Bertz CT molecular complexity index is 547. The lowest BCUT2D eigenvalue weighted by molar-refractivity contribution is -0.152. The molecule has 1 nitrogen and oxygen atoms in total. The SMILES string of the molecule is CC12CC3CC(C1)CC(C(=O)Cc1sccc1Br)(C3)C2. The van der Waals surface area contributed by atoms with Crippen LogP contribution in [0.1, 0.15) is 50.3 Å². The van der Waals surface area contributed by atoms with Gasteiger partial charge < -0.3 is 0 Å². The molecule has 0 aliphatic heterocycles. The minimum Gasteiger partial charge on any atom is -0.299 e. The summed E-state index contributed by atoms with van der Waals surface area (Å²) in [5, 5.41) is 2.08. The van der Waals surface area contributed by atoms with Gasteiger partial charge in [-0.3, -0.25) is 4.79 Å². The molecule has 1 aromatic rings. The minimum absolute atomic E-state index is 0.0300. The molecule has 4 saturated carbocycles. The van der Waals surface area contributed by atoms with Crippen molar-refractivity contribution in [3.63, 3.8) is 0 Å². The zero-order valence-electron chi connectivity index (χ0n) is 12.0. The average Bonchev–Trinajstić information content (AvgIpc) is 2.71. The highest BCUT2D eigenvalue weighted by molar-refractivity contribution is 9.10. The van der Waals surface area contributed by atoms with E-state index in [0.717, 1.165) is 22.7 Å². The summed E-state index contributed by atoms with van der Waals surface area (Å²) in [6, 6.07) is 2.06. The third kappa shape index (κ3) is 2.04. The van der Waals surface area contributed by atoms with Crippen LogP contribution in [0, 0.1) is 22.7 Å². The molecule has 2 atom stereocenters. The van der Waals surface area contributed by atoms with Gasteiger partial charge >= 0.3 is 0 Å². The fourth-order valence-corrected chi connectivity index (χ4v) is 7.32. The second-order valence-corrected chi connectivity index (χ2v) is 9.70. The molecule has 0 saturated heterocycles. The average molecular weight is 353 g/mol. The van der Waals surface area contributed by atoms with Gasteiger partial charge in [-0.2, -0.15) is 0 Å². The highest BCUT2D eigenvalue weighted by Crippen LogP contribution is 2.65. The summed E-state index contributed by atoms with van der Waals surface area (Å²) in [6.07, 6.45) is 8.32. The van der Waals surface area contributed by atoms with Crippen LogP contribution < -0.4 is 0 Å². The van der Waals surface area contributed by atoms with Gasteiger partial charge in [0, 0.05) is 21.2 Å². The fraction of sp³-hybridized carbons (Fsp3) is 0.706. The van der Waals surface area contributed by atoms with Crippen molar-refractivity contribution < 1.29 is 4.79 Å². The molecule has 4 fully saturated rings. The molecule has 0 aromatic carbocycles. The number of halogens is 1. The van der Waals surface area contributed by atoms with Crippen molar-refractivity contribution in [2.24, 2.45) is 22.7 Å². The van der Waals surface area contributed by atoms with E-state index in [1.165, 1.54) is 37.0 Å². The monoisotopic (exact) mass is 352 g/mol. The molecule has 108 valence electrons. The fourth-order valence-electron chi connectivity index (χ4n) is 5.83. The zero-order chi connectivity index (χ0) is 14.0. The highest BCUT2D eigenvalue weighted by atomic mass is 79.9. The number of carbonyl (C=O) groups is 1. The normalized spacial score (nSPS) is 42.1. The predicted octanol–water partition coefficient (Wildman–Crippen LogP) is 5.23. The summed E-state index contributed by atoms with van der Waals surface area (Å²) in [5.41, 5.74) is 0.495. The molecule has 1 aromatic heterocycles. The molecule has 0 amide bonds. The molecule has 20 heavy (non-hydrogen) atoms. The highest BCUT2D eigenvalue weighted by Gasteiger charge is 2.58. The van der Waals surface area contributed by atoms with Gasteiger partial charge in [0.25, 0.3) is 0 Å². The topological polar surface area (TPSA) is 17.1 Å². The lowest BCUT2D eigenvalue weighted by Crippen LogP contribution is -2.54. The van der Waals surface area contributed by atoms with Crippen LogP contribution >= 0.6 is 27.3 Å². The van der Waals surface area contributed by atoms with E-state index >= 15 is 0 Å². The van der Waals surface area contributed by atoms with Crippen LogP contribution in [0.2, 0.25) is 0 Å². The summed E-state index contributed by atoms with van der Waals surface area (Å²) < 4.78 is 1.12. The smallest absolute Gasteiger partial charge is 0.144 e. The molecule has 0 radical (unpaired) electrons. The molecule has 0 spiro atoms. The van der Waals surface area contributed by atoms with E-state index < -0.39 is 0 Å². The molecule has 4 aliphatic rings.